The first-order valence-electron chi connectivity index (χ1n) is 9.65. The molecule has 0 amide bonds. The normalized spacial score (nSPS) is 14.7. The Morgan fingerprint density at radius 2 is 1.50 bits per heavy atom. The van der Waals surface area contributed by atoms with Gasteiger partial charge in [0.1, 0.15) is 5.75 Å². The van der Waals surface area contributed by atoms with Gasteiger partial charge in [-0.15, -0.1) is 0 Å². The van der Waals surface area contributed by atoms with Crippen LogP contribution in [0.2, 0.25) is 10.0 Å². The van der Waals surface area contributed by atoms with Gasteiger partial charge in [-0.25, -0.2) is 9.97 Å². The van der Waals surface area contributed by atoms with E-state index in [0.29, 0.717) is 33.1 Å². The van der Waals surface area contributed by atoms with E-state index in [0.717, 1.165) is 37.3 Å². The van der Waals surface area contributed by atoms with E-state index in [1.165, 1.54) is 0 Å². The second-order valence-corrected chi connectivity index (χ2v) is 8.17. The number of rotatable bonds is 5. The summed E-state index contributed by atoms with van der Waals surface area (Å²) in [4.78, 5) is 13.4. The average Bonchev–Trinajstić information content (AvgIpc) is 2.74. The SMILES string of the molecule is CN1CCN(c2ncc(Oc3cc(CO)cc(-c4cc(Cl)cc(Cl)c4)c3)cn2)CC1. The fourth-order valence-corrected chi connectivity index (χ4v) is 3.89. The second kappa shape index (κ2) is 9.18. The third kappa shape index (κ3) is 5.02. The van der Waals surface area contributed by atoms with Crippen LogP contribution in [0.3, 0.4) is 0 Å². The van der Waals surface area contributed by atoms with E-state index in [2.05, 4.69) is 26.8 Å². The van der Waals surface area contributed by atoms with Crippen LogP contribution in [0.25, 0.3) is 11.1 Å². The molecule has 1 aromatic heterocycles. The average molecular weight is 445 g/mol. The van der Waals surface area contributed by atoms with Gasteiger partial charge in [-0.05, 0) is 60.1 Å². The molecule has 2 heterocycles. The lowest BCUT2D eigenvalue weighted by molar-refractivity contribution is 0.281. The van der Waals surface area contributed by atoms with Crippen molar-refractivity contribution in [3.63, 3.8) is 0 Å². The molecule has 8 heteroatoms. The fraction of sp³-hybridized carbons (Fsp3) is 0.273. The van der Waals surface area contributed by atoms with Gasteiger partial charge in [-0.1, -0.05) is 23.2 Å². The van der Waals surface area contributed by atoms with E-state index in [9.17, 15) is 5.11 Å². The van der Waals surface area contributed by atoms with Crippen LogP contribution in [0.15, 0.2) is 48.8 Å². The van der Waals surface area contributed by atoms with Gasteiger partial charge in [0.15, 0.2) is 5.75 Å². The zero-order chi connectivity index (χ0) is 21.1. The Morgan fingerprint density at radius 3 is 2.13 bits per heavy atom. The number of halogens is 2. The van der Waals surface area contributed by atoms with Crippen LogP contribution in [-0.2, 0) is 6.61 Å². The number of nitrogens with zero attached hydrogens (tertiary/aromatic N) is 4. The largest absolute Gasteiger partial charge is 0.454 e. The number of hydrogen-bond donors (Lipinski definition) is 1. The maximum absolute atomic E-state index is 9.67. The molecule has 4 rings (SSSR count). The van der Waals surface area contributed by atoms with Crippen LogP contribution < -0.4 is 9.64 Å². The maximum Gasteiger partial charge on any atom is 0.225 e. The predicted octanol–water partition coefficient (Wildman–Crippen LogP) is 4.49. The molecule has 0 radical (unpaired) electrons. The molecule has 0 bridgehead atoms. The molecule has 156 valence electrons. The van der Waals surface area contributed by atoms with Gasteiger partial charge in [0.25, 0.3) is 0 Å². The molecule has 1 aliphatic rings. The highest BCUT2D eigenvalue weighted by Gasteiger charge is 2.16. The van der Waals surface area contributed by atoms with E-state index in [1.54, 1.807) is 24.5 Å². The number of aliphatic hydroxyl groups excluding tert-OH is 1. The van der Waals surface area contributed by atoms with Gasteiger partial charge in [0.05, 0.1) is 19.0 Å². The van der Waals surface area contributed by atoms with Gasteiger partial charge in [-0.2, -0.15) is 0 Å². The molecule has 1 fully saturated rings. The van der Waals surface area contributed by atoms with Crippen molar-refractivity contribution in [2.45, 2.75) is 6.61 Å². The standard InChI is InChI=1S/C22H22Cl2N4O2/c1-27-2-4-28(5-3-27)22-25-12-21(13-26-22)30-20-7-15(14-29)6-16(10-20)17-8-18(23)11-19(24)9-17/h6-13,29H,2-5,14H2,1H3. The van der Waals surface area contributed by atoms with Crippen molar-refractivity contribution in [3.05, 3.63) is 64.4 Å². The van der Waals surface area contributed by atoms with Gasteiger partial charge in [0, 0.05) is 36.2 Å². The molecule has 1 aliphatic heterocycles. The van der Waals surface area contributed by atoms with E-state index < -0.39 is 0 Å². The zero-order valence-corrected chi connectivity index (χ0v) is 18.1. The summed E-state index contributed by atoms with van der Waals surface area (Å²) >= 11 is 12.3. The number of likely N-dealkylation sites (N-methyl/N-ethyl adjacent to an activating group) is 1. The Bertz CT molecular complexity index is 1000. The maximum atomic E-state index is 9.67. The molecule has 0 saturated carbocycles. The van der Waals surface area contributed by atoms with E-state index in [-0.39, 0.29) is 6.61 Å². The minimum absolute atomic E-state index is 0.114. The summed E-state index contributed by atoms with van der Waals surface area (Å²) < 4.78 is 5.97. The fourth-order valence-electron chi connectivity index (χ4n) is 3.37. The zero-order valence-electron chi connectivity index (χ0n) is 16.6. The molecule has 0 aliphatic carbocycles. The van der Waals surface area contributed by atoms with Crippen LogP contribution in [0.5, 0.6) is 11.5 Å². The number of ether oxygens (including phenoxy) is 1. The quantitative estimate of drug-likeness (QED) is 0.625. The van der Waals surface area contributed by atoms with E-state index in [4.69, 9.17) is 27.9 Å². The summed E-state index contributed by atoms with van der Waals surface area (Å²) in [5, 5.41) is 10.8. The highest BCUT2D eigenvalue weighted by Crippen LogP contribution is 2.32. The van der Waals surface area contributed by atoms with Gasteiger partial charge in [0.2, 0.25) is 5.95 Å². The van der Waals surface area contributed by atoms with Crippen molar-refractivity contribution >= 4 is 29.2 Å². The Balaban J connectivity index is 1.55. The van der Waals surface area contributed by atoms with Gasteiger partial charge in [-0.3, -0.25) is 0 Å². The third-order valence-electron chi connectivity index (χ3n) is 4.98. The molecule has 1 saturated heterocycles. The number of hydrogen-bond acceptors (Lipinski definition) is 6. The summed E-state index contributed by atoms with van der Waals surface area (Å²) in [6.45, 7) is 3.68. The van der Waals surface area contributed by atoms with Crippen molar-refractivity contribution in [2.75, 3.05) is 38.1 Å². The highest BCUT2D eigenvalue weighted by molar-refractivity contribution is 6.35. The van der Waals surface area contributed by atoms with Crippen LogP contribution in [0.1, 0.15) is 5.56 Å². The monoisotopic (exact) mass is 444 g/mol. The molecule has 6 nitrogen and oxygen atoms in total. The third-order valence-corrected chi connectivity index (χ3v) is 5.42. The minimum atomic E-state index is -0.114. The van der Waals surface area contributed by atoms with Crippen molar-refractivity contribution < 1.29 is 9.84 Å². The number of anilines is 1. The number of piperazine rings is 1. The topological polar surface area (TPSA) is 61.7 Å². The van der Waals surface area contributed by atoms with E-state index >= 15 is 0 Å². The second-order valence-electron chi connectivity index (χ2n) is 7.29. The van der Waals surface area contributed by atoms with Crippen molar-refractivity contribution in [2.24, 2.45) is 0 Å². The first-order chi connectivity index (χ1) is 14.5. The summed E-state index contributed by atoms with van der Waals surface area (Å²) in [7, 11) is 2.11. The molecule has 0 atom stereocenters. The minimum Gasteiger partial charge on any atom is -0.454 e. The van der Waals surface area contributed by atoms with Crippen molar-refractivity contribution in [1.29, 1.82) is 0 Å². The summed E-state index contributed by atoms with van der Waals surface area (Å²) in [6.07, 6.45) is 3.34. The van der Waals surface area contributed by atoms with Gasteiger partial charge < -0.3 is 19.6 Å². The molecule has 3 aromatic rings. The first-order valence-corrected chi connectivity index (χ1v) is 10.4. The summed E-state index contributed by atoms with van der Waals surface area (Å²) in [5.41, 5.74) is 2.40. The first kappa shape index (κ1) is 20.9. The highest BCUT2D eigenvalue weighted by atomic mass is 35.5. The Labute approximate surface area is 185 Å². The molecule has 0 spiro atoms. The lowest BCUT2D eigenvalue weighted by atomic mass is 10.0. The van der Waals surface area contributed by atoms with Gasteiger partial charge >= 0.3 is 0 Å². The lowest BCUT2D eigenvalue weighted by Crippen LogP contribution is -2.45. The smallest absolute Gasteiger partial charge is 0.225 e. The Morgan fingerprint density at radius 1 is 0.867 bits per heavy atom. The lowest BCUT2D eigenvalue weighted by Gasteiger charge is -2.32. The molecular formula is C22H22Cl2N4O2. The van der Waals surface area contributed by atoms with Crippen molar-refractivity contribution in [1.82, 2.24) is 14.9 Å². The predicted molar refractivity (Wildman–Crippen MR) is 120 cm³/mol. The molecule has 30 heavy (non-hydrogen) atoms. The summed E-state index contributed by atoms with van der Waals surface area (Å²) in [5.74, 6) is 1.80. The number of aromatic nitrogens is 2. The van der Waals surface area contributed by atoms with Crippen LogP contribution in [-0.4, -0.2) is 53.2 Å². The molecule has 1 N–H and O–H groups in total. The number of aliphatic hydroxyl groups is 1. The molecule has 0 unspecified atom stereocenters. The summed E-state index contributed by atoms with van der Waals surface area (Å²) in [6, 6.07) is 10.9. The molecule has 2 aromatic carbocycles. The molecular weight excluding hydrogens is 423 g/mol. The van der Waals surface area contributed by atoms with Crippen LogP contribution >= 0.6 is 23.2 Å². The Hall–Kier alpha value is -2.38. The van der Waals surface area contributed by atoms with Crippen LogP contribution in [0.4, 0.5) is 5.95 Å². The van der Waals surface area contributed by atoms with Crippen LogP contribution in [0, 0.1) is 0 Å². The Kier molecular flexibility index (Phi) is 6.39. The van der Waals surface area contributed by atoms with Crippen molar-refractivity contribution in [3.8, 4) is 22.6 Å². The number of benzene rings is 2. The van der Waals surface area contributed by atoms with E-state index in [1.807, 2.05) is 24.3 Å².